The minimum Gasteiger partial charge on any atom is -0.376 e. The van der Waals surface area contributed by atoms with E-state index >= 15 is 0 Å². The van der Waals surface area contributed by atoms with Crippen LogP contribution in [0.5, 0.6) is 0 Å². The molecule has 4 aliphatic rings. The third kappa shape index (κ3) is 9.48. The van der Waals surface area contributed by atoms with E-state index in [2.05, 4.69) is 32.2 Å². The first-order valence-corrected chi connectivity index (χ1v) is 16.7. The van der Waals surface area contributed by atoms with Crippen molar-refractivity contribution in [2.24, 2.45) is 11.8 Å². The first kappa shape index (κ1) is 33.9. The fourth-order valence-corrected chi connectivity index (χ4v) is 7.93. The van der Waals surface area contributed by atoms with Crippen LogP contribution in [-0.4, -0.2) is 112 Å². The Labute approximate surface area is 258 Å². The lowest BCUT2D eigenvalue weighted by atomic mass is 9.69. The van der Waals surface area contributed by atoms with Crippen molar-refractivity contribution in [1.82, 2.24) is 26.2 Å². The molecular formula is C31H55ClN6O4. The number of hydrogen-bond acceptors (Lipinski definition) is 9. The molecule has 11 heteroatoms. The van der Waals surface area contributed by atoms with E-state index in [4.69, 9.17) is 25.8 Å². The van der Waals surface area contributed by atoms with Crippen LogP contribution in [0.15, 0.2) is 0 Å². The van der Waals surface area contributed by atoms with Gasteiger partial charge in [-0.2, -0.15) is 5.26 Å². The molecule has 11 unspecified atom stereocenters. The summed E-state index contributed by atoms with van der Waals surface area (Å²) >= 11 is 6.92. The molecule has 2 saturated heterocycles. The lowest BCUT2D eigenvalue weighted by Crippen LogP contribution is -2.66. The molecule has 2 saturated carbocycles. The predicted octanol–water partition coefficient (Wildman–Crippen LogP) is 2.36. The van der Waals surface area contributed by atoms with Crippen LogP contribution in [0.3, 0.4) is 0 Å². The van der Waals surface area contributed by atoms with E-state index in [9.17, 15) is 10.1 Å². The highest BCUT2D eigenvalue weighted by atomic mass is 35.5. The zero-order valence-electron chi connectivity index (χ0n) is 26.2. The molecule has 2 aliphatic heterocycles. The van der Waals surface area contributed by atoms with Gasteiger partial charge in [-0.1, -0.05) is 0 Å². The number of rotatable bonds is 13. The quantitative estimate of drug-likeness (QED) is 0.233. The number of halogens is 1. The van der Waals surface area contributed by atoms with Gasteiger partial charge in [-0.05, 0) is 91.3 Å². The minimum atomic E-state index is -0.139. The van der Waals surface area contributed by atoms with Crippen molar-refractivity contribution in [3.8, 4) is 6.07 Å². The Morgan fingerprint density at radius 1 is 1.12 bits per heavy atom. The van der Waals surface area contributed by atoms with Gasteiger partial charge >= 0.3 is 0 Å². The molecule has 1 amide bonds. The van der Waals surface area contributed by atoms with Crippen LogP contribution in [0.25, 0.3) is 0 Å². The molecule has 0 aromatic rings. The first-order valence-electron chi connectivity index (χ1n) is 16.3. The van der Waals surface area contributed by atoms with Crippen molar-refractivity contribution < 1.29 is 19.0 Å². The van der Waals surface area contributed by atoms with E-state index in [1.165, 1.54) is 0 Å². The number of carbonyl (C=O) groups is 1. The van der Waals surface area contributed by atoms with Crippen molar-refractivity contribution in [3.63, 3.8) is 0 Å². The molecule has 4 N–H and O–H groups in total. The third-order valence-corrected chi connectivity index (χ3v) is 10.2. The predicted molar refractivity (Wildman–Crippen MR) is 164 cm³/mol. The Kier molecular flexibility index (Phi) is 13.6. The SMILES string of the molecule is CCOC1CC2NCC(C#N)C(NC3CCC(OCC4CCCC(OC)N4)C(Cl)C3)C2CC1NC(=O)CCCN(C)C. The van der Waals surface area contributed by atoms with E-state index in [-0.39, 0.29) is 65.7 Å². The molecule has 2 heterocycles. The van der Waals surface area contributed by atoms with E-state index in [1.54, 1.807) is 7.11 Å². The Hall–Kier alpha value is -1.03. The number of hydrogen-bond donors (Lipinski definition) is 4. The number of carbonyl (C=O) groups excluding carboxylic acids is 1. The maximum absolute atomic E-state index is 12.9. The molecule has 240 valence electrons. The largest absolute Gasteiger partial charge is 0.376 e. The Bertz CT molecular complexity index is 877. The summed E-state index contributed by atoms with van der Waals surface area (Å²) in [5.41, 5.74) is 0. The molecule has 0 bridgehead atoms. The van der Waals surface area contributed by atoms with Crippen LogP contribution in [0, 0.1) is 23.2 Å². The molecule has 4 fully saturated rings. The fraction of sp³-hybridized carbons (Fsp3) is 0.935. The fourth-order valence-electron chi connectivity index (χ4n) is 7.52. The zero-order valence-corrected chi connectivity index (χ0v) is 26.9. The van der Waals surface area contributed by atoms with Gasteiger partial charge in [0.2, 0.25) is 5.91 Å². The summed E-state index contributed by atoms with van der Waals surface area (Å²) in [6.07, 6.45) is 9.05. The second kappa shape index (κ2) is 16.9. The van der Waals surface area contributed by atoms with Gasteiger partial charge in [0.1, 0.15) is 6.23 Å². The van der Waals surface area contributed by atoms with E-state index in [1.807, 2.05) is 21.0 Å². The highest BCUT2D eigenvalue weighted by Gasteiger charge is 2.47. The number of nitriles is 1. The van der Waals surface area contributed by atoms with E-state index < -0.39 is 0 Å². The van der Waals surface area contributed by atoms with Gasteiger partial charge in [-0.25, -0.2) is 0 Å². The number of fused-ring (bicyclic) bond motifs is 1. The summed E-state index contributed by atoms with van der Waals surface area (Å²) in [5, 5.41) is 24.4. The summed E-state index contributed by atoms with van der Waals surface area (Å²) in [6.45, 7) is 4.83. The van der Waals surface area contributed by atoms with Crippen molar-refractivity contribution in [2.45, 2.75) is 125 Å². The number of amides is 1. The Morgan fingerprint density at radius 3 is 2.67 bits per heavy atom. The van der Waals surface area contributed by atoms with Gasteiger partial charge in [0.05, 0.1) is 42.2 Å². The number of nitrogens with one attached hydrogen (secondary N) is 4. The van der Waals surface area contributed by atoms with Gasteiger partial charge in [-0.3, -0.25) is 10.1 Å². The van der Waals surface area contributed by atoms with Crippen molar-refractivity contribution in [1.29, 1.82) is 5.26 Å². The molecule has 11 atom stereocenters. The van der Waals surface area contributed by atoms with Crippen LogP contribution < -0.4 is 21.3 Å². The summed E-state index contributed by atoms with van der Waals surface area (Å²) in [4.78, 5) is 15.0. The smallest absolute Gasteiger partial charge is 0.220 e. The zero-order chi connectivity index (χ0) is 30.1. The number of nitrogens with zero attached hydrogens (tertiary/aromatic N) is 2. The number of methoxy groups -OCH3 is 1. The second-order valence-electron chi connectivity index (χ2n) is 13.1. The Morgan fingerprint density at radius 2 is 1.95 bits per heavy atom. The summed E-state index contributed by atoms with van der Waals surface area (Å²) in [6, 6.07) is 3.34. The monoisotopic (exact) mass is 610 g/mol. The summed E-state index contributed by atoms with van der Waals surface area (Å²) in [5.74, 6) is 0.167. The van der Waals surface area contributed by atoms with E-state index in [0.29, 0.717) is 32.2 Å². The highest BCUT2D eigenvalue weighted by Crippen LogP contribution is 2.36. The van der Waals surface area contributed by atoms with Crippen LogP contribution in [0.2, 0.25) is 0 Å². The first-order chi connectivity index (χ1) is 20.3. The molecule has 0 radical (unpaired) electrons. The maximum atomic E-state index is 12.9. The highest BCUT2D eigenvalue weighted by molar-refractivity contribution is 6.21. The van der Waals surface area contributed by atoms with Crippen LogP contribution in [-0.2, 0) is 19.0 Å². The van der Waals surface area contributed by atoms with E-state index in [0.717, 1.165) is 64.3 Å². The van der Waals surface area contributed by atoms with Crippen LogP contribution in [0.4, 0.5) is 0 Å². The number of ether oxygens (including phenoxy) is 3. The number of alkyl halides is 1. The molecule has 0 aromatic carbocycles. The molecular weight excluding hydrogens is 556 g/mol. The maximum Gasteiger partial charge on any atom is 0.220 e. The van der Waals surface area contributed by atoms with Crippen LogP contribution in [0.1, 0.15) is 71.1 Å². The standard InChI is InChI=1S/C31H55ClN6O4/c1-5-41-28-16-25-23(15-26(28)37-29(39)9-7-13-38(2)3)31(20(17-33)18-34-25)36-21-11-12-27(24(32)14-21)42-19-22-8-6-10-30(35-22)40-4/h20-28,30-31,34-36H,5-16,18-19H2,1-4H3,(H,37,39). The average Bonchev–Trinajstić information content (AvgIpc) is 2.97. The molecule has 42 heavy (non-hydrogen) atoms. The molecule has 4 rings (SSSR count). The molecule has 0 spiro atoms. The topological polar surface area (TPSA) is 120 Å². The normalized spacial score (nSPS) is 38.9. The summed E-state index contributed by atoms with van der Waals surface area (Å²) in [7, 11) is 5.80. The lowest BCUT2D eigenvalue weighted by Gasteiger charge is -2.50. The van der Waals surface area contributed by atoms with Gasteiger partial charge < -0.3 is 35.1 Å². The van der Waals surface area contributed by atoms with Crippen molar-refractivity contribution >= 4 is 17.5 Å². The van der Waals surface area contributed by atoms with Crippen molar-refractivity contribution in [2.75, 3.05) is 47.5 Å². The molecule has 0 aromatic heterocycles. The molecule has 2 aliphatic carbocycles. The van der Waals surface area contributed by atoms with Gasteiger partial charge in [0, 0.05) is 50.8 Å². The molecule has 10 nitrogen and oxygen atoms in total. The van der Waals surface area contributed by atoms with Gasteiger partial charge in [0.15, 0.2) is 0 Å². The van der Waals surface area contributed by atoms with Crippen molar-refractivity contribution in [3.05, 3.63) is 0 Å². The third-order valence-electron chi connectivity index (χ3n) is 9.75. The minimum absolute atomic E-state index is 0.0292. The van der Waals surface area contributed by atoms with Gasteiger partial charge in [-0.15, -0.1) is 11.6 Å². The number of piperidine rings is 2. The van der Waals surface area contributed by atoms with Gasteiger partial charge in [0.25, 0.3) is 0 Å². The lowest BCUT2D eigenvalue weighted by molar-refractivity contribution is -0.124. The average molecular weight is 611 g/mol. The summed E-state index contributed by atoms with van der Waals surface area (Å²) < 4.78 is 17.9. The van der Waals surface area contributed by atoms with Crippen LogP contribution >= 0.6 is 11.6 Å². The Balaban J connectivity index is 1.33. The second-order valence-corrected chi connectivity index (χ2v) is 13.6.